The van der Waals surface area contributed by atoms with Gasteiger partial charge in [-0.2, -0.15) is 8.42 Å². The summed E-state index contributed by atoms with van der Waals surface area (Å²) in [6.45, 7) is 12.2. The lowest BCUT2D eigenvalue weighted by Gasteiger charge is -2.41. The Hall–Kier alpha value is -2.27. The molecule has 5 atom stereocenters. The van der Waals surface area contributed by atoms with Crippen LogP contribution < -0.4 is 16.0 Å². The van der Waals surface area contributed by atoms with Gasteiger partial charge < -0.3 is 20.7 Å². The van der Waals surface area contributed by atoms with Crippen LogP contribution in [0.3, 0.4) is 0 Å². The number of carbonyl (C=O) groups is 2. The molecule has 2 rings (SSSR count). The number of hydrogen-bond acceptors (Lipinski definition) is 6. The van der Waals surface area contributed by atoms with Crippen molar-refractivity contribution in [1.82, 2.24) is 16.0 Å². The summed E-state index contributed by atoms with van der Waals surface area (Å²) in [5.74, 6) is 0.0925. The fraction of sp³-hybridized carbons (Fsp3) is 0.630. The molecular weight excluding hydrogens is 494 g/mol. The Balaban J connectivity index is 0.000000516. The highest BCUT2D eigenvalue weighted by molar-refractivity contribution is 7.85. The SMILES string of the molecule is C/C=C\[C@@H]1C[C@H](C(=O)NCCC)N[C@H]1[C@@H](NC(C)=O)[C@](C)(CCC)OC.Cc1ccc(S(=O)(=O)O)cc1. The number of methoxy groups -OCH3 is 1. The first kappa shape index (κ1) is 32.8. The van der Waals surface area contributed by atoms with E-state index in [1.807, 2.05) is 33.8 Å². The highest BCUT2D eigenvalue weighted by atomic mass is 32.2. The van der Waals surface area contributed by atoms with E-state index >= 15 is 0 Å². The molecule has 1 saturated heterocycles. The molecular formula is C27H45N3O6S. The smallest absolute Gasteiger partial charge is 0.294 e. The predicted octanol–water partition coefficient (Wildman–Crippen LogP) is 3.39. The largest absolute Gasteiger partial charge is 0.376 e. The minimum atomic E-state index is -4.02. The molecule has 1 fully saturated rings. The molecule has 4 N–H and O–H groups in total. The summed E-state index contributed by atoms with van der Waals surface area (Å²) >= 11 is 0. The van der Waals surface area contributed by atoms with Gasteiger partial charge in [-0.05, 0) is 58.1 Å². The van der Waals surface area contributed by atoms with Crippen molar-refractivity contribution in [3.8, 4) is 0 Å². The number of ether oxygens (including phenoxy) is 1. The van der Waals surface area contributed by atoms with E-state index in [4.69, 9.17) is 9.29 Å². The van der Waals surface area contributed by atoms with Crippen LogP contribution in [0.1, 0.15) is 65.9 Å². The number of rotatable bonds is 11. The van der Waals surface area contributed by atoms with Gasteiger partial charge in [-0.1, -0.05) is 50.1 Å². The second kappa shape index (κ2) is 15.2. The highest BCUT2D eigenvalue weighted by Gasteiger charge is 2.47. The summed E-state index contributed by atoms with van der Waals surface area (Å²) < 4.78 is 35.4. The minimum absolute atomic E-state index is 0.0278. The van der Waals surface area contributed by atoms with Crippen LogP contribution in [-0.4, -0.2) is 62.2 Å². The molecule has 0 spiro atoms. The number of benzene rings is 1. The molecule has 37 heavy (non-hydrogen) atoms. The third-order valence-electron chi connectivity index (χ3n) is 6.58. The molecule has 0 bridgehead atoms. The molecule has 0 unspecified atom stereocenters. The van der Waals surface area contributed by atoms with Gasteiger partial charge in [0, 0.05) is 26.6 Å². The number of nitrogens with one attached hydrogen (secondary N) is 3. The van der Waals surface area contributed by atoms with Crippen molar-refractivity contribution in [3.63, 3.8) is 0 Å². The van der Waals surface area contributed by atoms with Gasteiger partial charge in [0.1, 0.15) is 0 Å². The summed E-state index contributed by atoms with van der Waals surface area (Å²) in [6, 6.07) is 5.44. The quantitative estimate of drug-likeness (QED) is 0.250. The monoisotopic (exact) mass is 539 g/mol. The number of aryl methyl sites for hydroxylation is 1. The van der Waals surface area contributed by atoms with Gasteiger partial charge in [0.05, 0.1) is 22.6 Å². The molecule has 210 valence electrons. The standard InChI is InChI=1S/C20H37N3O3.C7H8O3S/c1-7-10-15-13-16(19(25)21-12-9-3)23-17(15)18(22-14(4)24)20(5,26-6)11-8-2;1-6-2-4-7(5-3-6)11(8,9)10/h7,10,15-18,23H,8-9,11-13H2,1-6H3,(H,21,25)(H,22,24);2-5H,1H3,(H,8,9,10)/b10-7-;/t15-,16-,17-,18-,20+;/m1./s1. The fourth-order valence-corrected chi connectivity index (χ4v) is 5.10. The molecule has 2 amide bonds. The van der Waals surface area contributed by atoms with Gasteiger partial charge >= 0.3 is 0 Å². The molecule has 1 aromatic rings. The highest BCUT2D eigenvalue weighted by Crippen LogP contribution is 2.32. The van der Waals surface area contributed by atoms with Gasteiger partial charge in [0.15, 0.2) is 0 Å². The summed E-state index contributed by atoms with van der Waals surface area (Å²) in [7, 11) is -2.33. The van der Waals surface area contributed by atoms with Crippen LogP contribution in [0.5, 0.6) is 0 Å². The van der Waals surface area contributed by atoms with E-state index in [1.165, 1.54) is 19.1 Å². The maximum atomic E-state index is 12.5. The Labute approximate surface area is 222 Å². The lowest BCUT2D eigenvalue weighted by molar-refractivity contribution is -0.123. The van der Waals surface area contributed by atoms with Crippen molar-refractivity contribution >= 4 is 21.9 Å². The lowest BCUT2D eigenvalue weighted by atomic mass is 9.81. The van der Waals surface area contributed by atoms with Crippen LogP contribution >= 0.6 is 0 Å². The van der Waals surface area contributed by atoms with Crippen molar-refractivity contribution < 1.29 is 27.3 Å². The lowest BCUT2D eigenvalue weighted by Crippen LogP contribution is -2.62. The van der Waals surface area contributed by atoms with Crippen LogP contribution in [0.4, 0.5) is 0 Å². The van der Waals surface area contributed by atoms with Crippen molar-refractivity contribution in [2.45, 2.75) is 95.8 Å². The van der Waals surface area contributed by atoms with Gasteiger partial charge in [0.2, 0.25) is 11.8 Å². The van der Waals surface area contributed by atoms with E-state index in [1.54, 1.807) is 19.2 Å². The van der Waals surface area contributed by atoms with Crippen LogP contribution in [0.25, 0.3) is 0 Å². The van der Waals surface area contributed by atoms with Crippen molar-refractivity contribution in [3.05, 3.63) is 42.0 Å². The van der Waals surface area contributed by atoms with E-state index in [2.05, 4.69) is 29.0 Å². The van der Waals surface area contributed by atoms with E-state index in [9.17, 15) is 18.0 Å². The van der Waals surface area contributed by atoms with E-state index in [0.29, 0.717) is 13.0 Å². The molecule has 1 aliphatic rings. The van der Waals surface area contributed by atoms with Crippen LogP contribution in [0, 0.1) is 12.8 Å². The molecule has 1 aliphatic heterocycles. The zero-order valence-electron chi connectivity index (χ0n) is 23.2. The van der Waals surface area contributed by atoms with Gasteiger partial charge in [-0.15, -0.1) is 0 Å². The van der Waals surface area contributed by atoms with Crippen molar-refractivity contribution in [2.75, 3.05) is 13.7 Å². The maximum Gasteiger partial charge on any atom is 0.294 e. The molecule has 0 aromatic heterocycles. The normalized spacial score (nSPS) is 22.0. The number of amides is 2. The first-order valence-electron chi connectivity index (χ1n) is 12.9. The second-order valence-corrected chi connectivity index (χ2v) is 11.1. The predicted molar refractivity (Wildman–Crippen MR) is 146 cm³/mol. The maximum absolute atomic E-state index is 12.5. The molecule has 1 aromatic carbocycles. The zero-order chi connectivity index (χ0) is 28.2. The number of hydrogen-bond donors (Lipinski definition) is 4. The summed E-state index contributed by atoms with van der Waals surface area (Å²) in [4.78, 5) is 24.3. The van der Waals surface area contributed by atoms with Gasteiger partial charge in [-0.3, -0.25) is 14.1 Å². The second-order valence-electron chi connectivity index (χ2n) is 9.69. The third-order valence-corrected chi connectivity index (χ3v) is 7.44. The Morgan fingerprint density at radius 1 is 1.24 bits per heavy atom. The Morgan fingerprint density at radius 3 is 2.32 bits per heavy atom. The molecule has 0 aliphatic carbocycles. The molecule has 10 heteroatoms. The van der Waals surface area contributed by atoms with E-state index in [-0.39, 0.29) is 40.8 Å². The Morgan fingerprint density at radius 2 is 1.86 bits per heavy atom. The van der Waals surface area contributed by atoms with E-state index in [0.717, 1.165) is 24.8 Å². The average Bonchev–Trinajstić information content (AvgIpc) is 3.25. The topological polar surface area (TPSA) is 134 Å². The van der Waals surface area contributed by atoms with Crippen LogP contribution in [0.2, 0.25) is 0 Å². The number of allylic oxidation sites excluding steroid dienone is 1. The molecule has 0 radical (unpaired) electrons. The first-order valence-corrected chi connectivity index (χ1v) is 14.3. The number of carbonyl (C=O) groups excluding carboxylic acids is 2. The van der Waals surface area contributed by atoms with Crippen molar-refractivity contribution in [2.24, 2.45) is 5.92 Å². The summed E-state index contributed by atoms with van der Waals surface area (Å²) in [6.07, 6.45) is 7.53. The average molecular weight is 540 g/mol. The zero-order valence-corrected chi connectivity index (χ0v) is 24.0. The molecule has 1 heterocycles. The molecule has 9 nitrogen and oxygen atoms in total. The fourth-order valence-electron chi connectivity index (χ4n) is 4.62. The van der Waals surface area contributed by atoms with Gasteiger partial charge in [-0.25, -0.2) is 0 Å². The Kier molecular flexibility index (Phi) is 13.5. The summed E-state index contributed by atoms with van der Waals surface area (Å²) in [5.41, 5.74) is 0.449. The summed E-state index contributed by atoms with van der Waals surface area (Å²) in [5, 5.41) is 9.55. The first-order chi connectivity index (χ1) is 17.3. The molecule has 0 saturated carbocycles. The van der Waals surface area contributed by atoms with Gasteiger partial charge in [0.25, 0.3) is 10.1 Å². The minimum Gasteiger partial charge on any atom is -0.376 e. The van der Waals surface area contributed by atoms with E-state index < -0.39 is 15.7 Å². The van der Waals surface area contributed by atoms with Crippen molar-refractivity contribution in [1.29, 1.82) is 0 Å². The Bertz CT molecular complexity index is 996. The van der Waals surface area contributed by atoms with Crippen LogP contribution in [0.15, 0.2) is 41.3 Å². The van der Waals surface area contributed by atoms with Crippen LogP contribution in [-0.2, 0) is 24.4 Å². The third kappa shape index (κ3) is 10.2.